The van der Waals surface area contributed by atoms with Crippen LogP contribution in [0.5, 0.6) is 0 Å². The summed E-state index contributed by atoms with van der Waals surface area (Å²) in [7, 11) is 0. The van der Waals surface area contributed by atoms with Gasteiger partial charge in [-0.2, -0.15) is 0 Å². The Morgan fingerprint density at radius 1 is 1.06 bits per heavy atom. The molecule has 2 unspecified atom stereocenters. The minimum Gasteiger partial charge on any atom is -0.393 e. The maximum atomic E-state index is 9.98. The fraction of sp³-hybridized carbons (Fsp3) is 0.500. The van der Waals surface area contributed by atoms with Gasteiger partial charge in [-0.15, -0.1) is 0 Å². The molecule has 2 rings (SSSR count). The highest BCUT2D eigenvalue weighted by Crippen LogP contribution is 2.25. The predicted molar refractivity (Wildman–Crippen MR) is 70.5 cm³/mol. The summed E-state index contributed by atoms with van der Waals surface area (Å²) in [5.41, 5.74) is 1.07. The van der Waals surface area contributed by atoms with Crippen molar-refractivity contribution in [2.45, 2.75) is 44.6 Å². The lowest BCUT2D eigenvalue weighted by atomic mass is 9.94. The third kappa shape index (κ3) is 3.91. The summed E-state index contributed by atoms with van der Waals surface area (Å²) in [5.74, 6) is 6.77. The van der Waals surface area contributed by atoms with Crippen LogP contribution in [-0.4, -0.2) is 11.2 Å². The minimum absolute atomic E-state index is 0.137. The number of aliphatic hydroxyl groups is 1. The summed E-state index contributed by atoms with van der Waals surface area (Å²) >= 11 is 0. The maximum absolute atomic E-state index is 9.98. The normalized spacial score (nSPS) is 24.5. The molecule has 1 saturated carbocycles. The van der Waals surface area contributed by atoms with Gasteiger partial charge in [0.25, 0.3) is 0 Å². The molecule has 0 saturated heterocycles. The Balaban J connectivity index is 1.91. The molecular formula is C16H20O. The first-order valence-corrected chi connectivity index (χ1v) is 6.58. The van der Waals surface area contributed by atoms with Gasteiger partial charge in [-0.25, -0.2) is 0 Å². The molecule has 0 spiro atoms. The van der Waals surface area contributed by atoms with Gasteiger partial charge in [0.15, 0.2) is 0 Å². The first kappa shape index (κ1) is 12.2. The van der Waals surface area contributed by atoms with Crippen LogP contribution < -0.4 is 0 Å². The fourth-order valence-corrected chi connectivity index (χ4v) is 2.41. The van der Waals surface area contributed by atoms with Crippen LogP contribution in [0.2, 0.25) is 0 Å². The Hall–Kier alpha value is -1.26. The van der Waals surface area contributed by atoms with Crippen molar-refractivity contribution in [2.24, 2.45) is 5.92 Å². The van der Waals surface area contributed by atoms with Crippen LogP contribution in [-0.2, 0) is 0 Å². The third-order valence-corrected chi connectivity index (χ3v) is 3.49. The van der Waals surface area contributed by atoms with Crippen LogP contribution in [0.15, 0.2) is 30.3 Å². The highest BCUT2D eigenvalue weighted by molar-refractivity contribution is 5.33. The lowest BCUT2D eigenvalue weighted by Gasteiger charge is -2.17. The topological polar surface area (TPSA) is 20.2 Å². The largest absolute Gasteiger partial charge is 0.393 e. The quantitative estimate of drug-likeness (QED) is 0.577. The van der Waals surface area contributed by atoms with Crippen molar-refractivity contribution in [3.63, 3.8) is 0 Å². The molecule has 0 heterocycles. The van der Waals surface area contributed by atoms with E-state index in [1.54, 1.807) is 0 Å². The summed E-state index contributed by atoms with van der Waals surface area (Å²) in [6.07, 6.45) is 6.46. The lowest BCUT2D eigenvalue weighted by Crippen LogP contribution is -2.18. The van der Waals surface area contributed by atoms with Crippen LogP contribution >= 0.6 is 0 Å². The Morgan fingerprint density at radius 2 is 1.82 bits per heavy atom. The highest BCUT2D eigenvalue weighted by Gasteiger charge is 2.20. The molecule has 1 N–H and O–H groups in total. The molecule has 0 aliphatic heterocycles. The van der Waals surface area contributed by atoms with Gasteiger partial charge in [0.2, 0.25) is 0 Å². The van der Waals surface area contributed by atoms with Crippen LogP contribution in [0.3, 0.4) is 0 Å². The summed E-state index contributed by atoms with van der Waals surface area (Å²) in [6, 6.07) is 10.1. The first-order chi connectivity index (χ1) is 8.36. The standard InChI is InChI=1S/C16H20O/c17-16-13-6-2-5-11-15(16)12-7-10-14-8-3-1-4-9-14/h1,3-4,8-9,15-17H,2,5-6,11-13H2. The Morgan fingerprint density at radius 3 is 2.65 bits per heavy atom. The zero-order chi connectivity index (χ0) is 11.9. The van der Waals surface area contributed by atoms with Gasteiger partial charge in [-0.3, -0.25) is 0 Å². The molecule has 90 valence electrons. The van der Waals surface area contributed by atoms with Gasteiger partial charge >= 0.3 is 0 Å². The van der Waals surface area contributed by atoms with Gasteiger partial charge in [0.1, 0.15) is 0 Å². The lowest BCUT2D eigenvalue weighted by molar-refractivity contribution is 0.103. The molecular weight excluding hydrogens is 208 g/mol. The van der Waals surface area contributed by atoms with Crippen molar-refractivity contribution in [1.82, 2.24) is 0 Å². The summed E-state index contributed by atoms with van der Waals surface area (Å²) in [5, 5.41) is 9.98. The predicted octanol–water partition coefficient (Wildman–Crippen LogP) is 3.37. The van der Waals surface area contributed by atoms with E-state index in [-0.39, 0.29) is 6.10 Å². The molecule has 1 aliphatic rings. The van der Waals surface area contributed by atoms with E-state index in [4.69, 9.17) is 0 Å². The number of benzene rings is 1. The molecule has 1 fully saturated rings. The van der Waals surface area contributed by atoms with Crippen LogP contribution in [0.1, 0.15) is 44.1 Å². The zero-order valence-corrected chi connectivity index (χ0v) is 10.2. The van der Waals surface area contributed by atoms with E-state index in [1.807, 2.05) is 30.3 Å². The summed E-state index contributed by atoms with van der Waals surface area (Å²) < 4.78 is 0. The van der Waals surface area contributed by atoms with Gasteiger partial charge in [0.05, 0.1) is 6.10 Å². The minimum atomic E-state index is -0.137. The molecule has 1 nitrogen and oxygen atoms in total. The van der Waals surface area contributed by atoms with Crippen molar-refractivity contribution in [2.75, 3.05) is 0 Å². The van der Waals surface area contributed by atoms with Gasteiger partial charge in [0, 0.05) is 12.0 Å². The molecule has 0 aromatic heterocycles. The number of hydrogen-bond donors (Lipinski definition) is 1. The highest BCUT2D eigenvalue weighted by atomic mass is 16.3. The molecule has 0 radical (unpaired) electrons. The molecule has 1 aromatic carbocycles. The Labute approximate surface area is 104 Å². The maximum Gasteiger partial charge on any atom is 0.0577 e. The molecule has 0 bridgehead atoms. The zero-order valence-electron chi connectivity index (χ0n) is 10.2. The van der Waals surface area contributed by atoms with Crippen molar-refractivity contribution in [3.05, 3.63) is 35.9 Å². The molecule has 0 amide bonds. The van der Waals surface area contributed by atoms with E-state index in [0.717, 1.165) is 24.8 Å². The third-order valence-electron chi connectivity index (χ3n) is 3.49. The number of rotatable bonds is 1. The van der Waals surface area contributed by atoms with E-state index >= 15 is 0 Å². The van der Waals surface area contributed by atoms with E-state index in [1.165, 1.54) is 19.3 Å². The van der Waals surface area contributed by atoms with Gasteiger partial charge in [-0.1, -0.05) is 49.3 Å². The van der Waals surface area contributed by atoms with Crippen molar-refractivity contribution in [3.8, 4) is 11.8 Å². The van der Waals surface area contributed by atoms with Crippen LogP contribution in [0.4, 0.5) is 0 Å². The van der Waals surface area contributed by atoms with E-state index < -0.39 is 0 Å². The van der Waals surface area contributed by atoms with E-state index in [0.29, 0.717) is 5.92 Å². The molecule has 1 aliphatic carbocycles. The van der Waals surface area contributed by atoms with Crippen molar-refractivity contribution < 1.29 is 5.11 Å². The van der Waals surface area contributed by atoms with E-state index in [2.05, 4.69) is 11.8 Å². The smallest absolute Gasteiger partial charge is 0.0577 e. The Bertz CT molecular complexity index is 385. The van der Waals surface area contributed by atoms with Crippen LogP contribution in [0, 0.1) is 17.8 Å². The number of hydrogen-bond acceptors (Lipinski definition) is 1. The van der Waals surface area contributed by atoms with Crippen molar-refractivity contribution >= 4 is 0 Å². The fourth-order valence-electron chi connectivity index (χ4n) is 2.41. The molecule has 1 heteroatoms. The first-order valence-electron chi connectivity index (χ1n) is 6.58. The number of aliphatic hydroxyl groups excluding tert-OH is 1. The van der Waals surface area contributed by atoms with Crippen LogP contribution in [0.25, 0.3) is 0 Å². The molecule has 17 heavy (non-hydrogen) atoms. The van der Waals surface area contributed by atoms with Gasteiger partial charge in [-0.05, 0) is 30.9 Å². The van der Waals surface area contributed by atoms with Gasteiger partial charge < -0.3 is 5.11 Å². The average molecular weight is 228 g/mol. The second-order valence-electron chi connectivity index (χ2n) is 4.84. The van der Waals surface area contributed by atoms with E-state index in [9.17, 15) is 5.11 Å². The average Bonchev–Trinajstić information content (AvgIpc) is 2.56. The SMILES string of the molecule is OC1CCCCCC1CC#Cc1ccccc1. The second-order valence-corrected chi connectivity index (χ2v) is 4.84. The molecule has 1 aromatic rings. The second kappa shape index (κ2) is 6.47. The Kier molecular flexibility index (Phi) is 4.64. The molecule has 2 atom stereocenters. The summed E-state index contributed by atoms with van der Waals surface area (Å²) in [6.45, 7) is 0. The van der Waals surface area contributed by atoms with Crippen molar-refractivity contribution in [1.29, 1.82) is 0 Å². The monoisotopic (exact) mass is 228 g/mol. The summed E-state index contributed by atoms with van der Waals surface area (Å²) in [4.78, 5) is 0.